The van der Waals surface area contributed by atoms with E-state index in [0.29, 0.717) is 24.8 Å². The molecule has 0 heterocycles. The highest BCUT2D eigenvalue weighted by Crippen LogP contribution is 2.29. The largest absolute Gasteiger partial charge is 0.396 e. The van der Waals surface area contributed by atoms with Crippen molar-refractivity contribution in [2.75, 3.05) is 13.2 Å². The average Bonchev–Trinajstić information content (AvgIpc) is 2.37. The highest BCUT2D eigenvalue weighted by atomic mass is 16.3. The summed E-state index contributed by atoms with van der Waals surface area (Å²) in [6.45, 7) is 4.86. The molecule has 0 spiro atoms. The minimum absolute atomic E-state index is 0.0721. The summed E-state index contributed by atoms with van der Waals surface area (Å²) < 4.78 is 0. The summed E-state index contributed by atoms with van der Waals surface area (Å²) in [5, 5.41) is 12.1. The lowest BCUT2D eigenvalue weighted by atomic mass is 9.78. The predicted octanol–water partition coefficient (Wildman–Crippen LogP) is 1.27. The Kier molecular flexibility index (Phi) is 6.65. The molecule has 0 bridgehead atoms. The van der Waals surface area contributed by atoms with Crippen LogP contribution >= 0.6 is 0 Å². The van der Waals surface area contributed by atoms with E-state index >= 15 is 0 Å². The van der Waals surface area contributed by atoms with Crippen molar-refractivity contribution in [3.63, 3.8) is 0 Å². The Morgan fingerprint density at radius 1 is 1.39 bits per heavy atom. The van der Waals surface area contributed by atoms with Crippen LogP contribution in [0.25, 0.3) is 0 Å². The lowest BCUT2D eigenvalue weighted by Gasteiger charge is -2.32. The first-order valence-corrected chi connectivity index (χ1v) is 7.21. The fraction of sp³-hybridized carbons (Fsp3) is 0.929. The first-order valence-electron chi connectivity index (χ1n) is 7.21. The smallest absolute Gasteiger partial charge is 0.223 e. The lowest BCUT2D eigenvalue weighted by Crippen LogP contribution is -2.46. The number of amides is 1. The number of aliphatic hydroxyl groups excluding tert-OH is 1. The van der Waals surface area contributed by atoms with Gasteiger partial charge in [-0.15, -0.1) is 0 Å². The van der Waals surface area contributed by atoms with Crippen molar-refractivity contribution >= 4 is 5.91 Å². The van der Waals surface area contributed by atoms with E-state index in [9.17, 15) is 4.79 Å². The van der Waals surface area contributed by atoms with Gasteiger partial charge in [-0.3, -0.25) is 4.79 Å². The van der Waals surface area contributed by atoms with E-state index in [1.54, 1.807) is 0 Å². The maximum Gasteiger partial charge on any atom is 0.223 e. The standard InChI is InChI=1S/C14H28N2O2/c1-10(2)13(7-8-17)16-14(18)12-6-4-3-5-11(12)9-15/h10-13,17H,3-9,15H2,1-2H3,(H,16,18). The van der Waals surface area contributed by atoms with Gasteiger partial charge in [0.05, 0.1) is 0 Å². The van der Waals surface area contributed by atoms with Gasteiger partial charge >= 0.3 is 0 Å². The van der Waals surface area contributed by atoms with Gasteiger partial charge in [-0.2, -0.15) is 0 Å². The number of nitrogens with one attached hydrogen (secondary N) is 1. The van der Waals surface area contributed by atoms with Gasteiger partial charge in [0, 0.05) is 18.6 Å². The fourth-order valence-corrected chi connectivity index (χ4v) is 2.84. The summed E-state index contributed by atoms with van der Waals surface area (Å²) in [6, 6.07) is 0.0721. The average molecular weight is 256 g/mol. The minimum Gasteiger partial charge on any atom is -0.396 e. The number of rotatable bonds is 6. The number of nitrogens with two attached hydrogens (primary N) is 1. The maximum atomic E-state index is 12.3. The number of carbonyl (C=O) groups is 1. The molecule has 106 valence electrons. The van der Waals surface area contributed by atoms with Crippen LogP contribution in [-0.4, -0.2) is 30.2 Å². The van der Waals surface area contributed by atoms with Gasteiger partial charge in [0.15, 0.2) is 0 Å². The molecule has 0 aromatic carbocycles. The Hall–Kier alpha value is -0.610. The van der Waals surface area contributed by atoms with Gasteiger partial charge in [-0.05, 0) is 37.6 Å². The zero-order valence-corrected chi connectivity index (χ0v) is 11.7. The Morgan fingerprint density at radius 2 is 2.06 bits per heavy atom. The number of hydrogen-bond donors (Lipinski definition) is 3. The molecule has 4 nitrogen and oxygen atoms in total. The Labute approximate surface area is 110 Å². The normalized spacial score (nSPS) is 26.1. The van der Waals surface area contributed by atoms with Crippen molar-refractivity contribution in [2.45, 2.75) is 52.0 Å². The van der Waals surface area contributed by atoms with Crippen molar-refractivity contribution in [1.82, 2.24) is 5.32 Å². The van der Waals surface area contributed by atoms with Crippen LogP contribution in [0.5, 0.6) is 0 Å². The van der Waals surface area contributed by atoms with Crippen LogP contribution in [0.2, 0.25) is 0 Å². The number of hydrogen-bond acceptors (Lipinski definition) is 3. The molecule has 1 fully saturated rings. The molecule has 1 saturated carbocycles. The summed E-state index contributed by atoms with van der Waals surface area (Å²) in [5.41, 5.74) is 5.76. The first-order chi connectivity index (χ1) is 8.60. The molecule has 0 saturated heterocycles. The summed E-state index contributed by atoms with van der Waals surface area (Å²) in [7, 11) is 0. The molecule has 3 unspecified atom stereocenters. The fourth-order valence-electron chi connectivity index (χ4n) is 2.84. The van der Waals surface area contributed by atoms with Gasteiger partial charge in [0.2, 0.25) is 5.91 Å². The molecule has 1 aliphatic carbocycles. The number of aliphatic hydroxyl groups is 1. The monoisotopic (exact) mass is 256 g/mol. The molecule has 1 aliphatic rings. The summed E-state index contributed by atoms with van der Waals surface area (Å²) in [6.07, 6.45) is 4.97. The van der Waals surface area contributed by atoms with E-state index in [4.69, 9.17) is 10.8 Å². The van der Waals surface area contributed by atoms with Crippen molar-refractivity contribution in [3.05, 3.63) is 0 Å². The van der Waals surface area contributed by atoms with Gasteiger partial charge in [-0.1, -0.05) is 26.7 Å². The van der Waals surface area contributed by atoms with Gasteiger partial charge in [-0.25, -0.2) is 0 Å². The van der Waals surface area contributed by atoms with Crippen LogP contribution < -0.4 is 11.1 Å². The highest BCUT2D eigenvalue weighted by Gasteiger charge is 2.31. The van der Waals surface area contributed by atoms with Gasteiger partial charge in [0.25, 0.3) is 0 Å². The van der Waals surface area contributed by atoms with Crippen LogP contribution in [-0.2, 0) is 4.79 Å². The second kappa shape index (κ2) is 7.74. The molecule has 1 amide bonds. The molecule has 1 rings (SSSR count). The van der Waals surface area contributed by atoms with Crippen LogP contribution in [0, 0.1) is 17.8 Å². The minimum atomic E-state index is 0.0721. The van der Waals surface area contributed by atoms with E-state index < -0.39 is 0 Å². The van der Waals surface area contributed by atoms with Gasteiger partial charge in [0.1, 0.15) is 0 Å². The highest BCUT2D eigenvalue weighted by molar-refractivity contribution is 5.79. The quantitative estimate of drug-likeness (QED) is 0.670. The SMILES string of the molecule is CC(C)C(CCO)NC(=O)C1CCCCC1CN. The summed E-state index contributed by atoms with van der Waals surface area (Å²) in [4.78, 5) is 12.3. The summed E-state index contributed by atoms with van der Waals surface area (Å²) in [5.74, 6) is 0.891. The van der Waals surface area contributed by atoms with E-state index in [-0.39, 0.29) is 24.5 Å². The van der Waals surface area contributed by atoms with Crippen molar-refractivity contribution in [2.24, 2.45) is 23.5 Å². The Bertz CT molecular complexity index is 256. The topological polar surface area (TPSA) is 75.3 Å². The molecule has 0 aromatic heterocycles. The van der Waals surface area contributed by atoms with Crippen molar-refractivity contribution in [3.8, 4) is 0 Å². The van der Waals surface area contributed by atoms with Crippen LogP contribution in [0.15, 0.2) is 0 Å². The van der Waals surface area contributed by atoms with Crippen molar-refractivity contribution in [1.29, 1.82) is 0 Å². The summed E-state index contributed by atoms with van der Waals surface area (Å²) >= 11 is 0. The molecule has 0 radical (unpaired) electrons. The number of carbonyl (C=O) groups excluding carboxylic acids is 1. The third-order valence-corrected chi connectivity index (χ3v) is 4.12. The maximum absolute atomic E-state index is 12.3. The third-order valence-electron chi connectivity index (χ3n) is 4.12. The lowest BCUT2D eigenvalue weighted by molar-refractivity contribution is -0.128. The molecule has 18 heavy (non-hydrogen) atoms. The Balaban J connectivity index is 2.56. The van der Waals surface area contributed by atoms with Crippen LogP contribution in [0.3, 0.4) is 0 Å². The second-order valence-electron chi connectivity index (χ2n) is 5.76. The molecule has 3 atom stereocenters. The molecular weight excluding hydrogens is 228 g/mol. The van der Waals surface area contributed by atoms with Crippen molar-refractivity contribution < 1.29 is 9.90 Å². The Morgan fingerprint density at radius 3 is 2.61 bits per heavy atom. The zero-order valence-electron chi connectivity index (χ0n) is 11.7. The second-order valence-corrected chi connectivity index (χ2v) is 5.76. The molecule has 4 heteroatoms. The molecule has 4 N–H and O–H groups in total. The third kappa shape index (κ3) is 4.25. The van der Waals surface area contributed by atoms with E-state index in [1.165, 1.54) is 6.42 Å². The zero-order chi connectivity index (χ0) is 13.5. The van der Waals surface area contributed by atoms with E-state index in [1.807, 2.05) is 0 Å². The van der Waals surface area contributed by atoms with Crippen LogP contribution in [0.4, 0.5) is 0 Å². The molecular formula is C14H28N2O2. The molecule has 0 aliphatic heterocycles. The van der Waals surface area contributed by atoms with E-state index in [0.717, 1.165) is 19.3 Å². The van der Waals surface area contributed by atoms with E-state index in [2.05, 4.69) is 19.2 Å². The van der Waals surface area contributed by atoms with Crippen LogP contribution in [0.1, 0.15) is 46.0 Å². The van der Waals surface area contributed by atoms with Gasteiger partial charge < -0.3 is 16.2 Å². The predicted molar refractivity (Wildman–Crippen MR) is 73.0 cm³/mol. The first kappa shape index (κ1) is 15.4. The molecule has 0 aromatic rings.